The summed E-state index contributed by atoms with van der Waals surface area (Å²) in [4.78, 5) is 26.0. The molecule has 3 heterocycles. The zero-order valence-electron chi connectivity index (χ0n) is 15.8. The minimum Gasteiger partial charge on any atom is -0.481 e. The van der Waals surface area contributed by atoms with Crippen molar-refractivity contribution < 1.29 is 9.53 Å². The summed E-state index contributed by atoms with van der Waals surface area (Å²) in [7, 11) is 1.59. The zero-order valence-corrected chi connectivity index (χ0v) is 15.8. The molecule has 1 aliphatic rings. The largest absolute Gasteiger partial charge is 0.481 e. The van der Waals surface area contributed by atoms with Crippen molar-refractivity contribution in [1.82, 2.24) is 20.3 Å². The quantitative estimate of drug-likeness (QED) is 0.727. The first-order valence-electron chi connectivity index (χ1n) is 9.17. The first kappa shape index (κ1) is 17.9. The summed E-state index contributed by atoms with van der Waals surface area (Å²) in [5.41, 5.74) is 10.5. The Hall–Kier alpha value is -3.48. The number of nitrogens with zero attached hydrogens (tertiary/aromatic N) is 3. The van der Waals surface area contributed by atoms with Gasteiger partial charge in [-0.25, -0.2) is 15.0 Å². The number of benzene rings is 1. The molecule has 4 rings (SSSR count). The molecule has 0 radical (unpaired) electrons. The molecule has 7 nitrogen and oxygen atoms in total. The van der Waals surface area contributed by atoms with Gasteiger partial charge in [0, 0.05) is 18.1 Å². The number of nitrogens with two attached hydrogens (primary N) is 1. The van der Waals surface area contributed by atoms with Crippen molar-refractivity contribution in [2.75, 3.05) is 12.8 Å². The van der Waals surface area contributed by atoms with E-state index in [9.17, 15) is 4.79 Å². The Morgan fingerprint density at radius 1 is 1.14 bits per heavy atom. The van der Waals surface area contributed by atoms with E-state index in [-0.39, 0.29) is 17.9 Å². The number of amides is 1. The molecular formula is C21H21N5O2. The zero-order chi connectivity index (χ0) is 19.7. The summed E-state index contributed by atoms with van der Waals surface area (Å²) < 4.78 is 5.25. The number of methoxy groups -OCH3 is 1. The maximum Gasteiger partial charge on any atom is 0.255 e. The highest BCUT2D eigenvalue weighted by molar-refractivity contribution is 5.98. The van der Waals surface area contributed by atoms with E-state index in [1.807, 2.05) is 43.3 Å². The fraction of sp³-hybridized carbons (Fsp3) is 0.238. The van der Waals surface area contributed by atoms with Gasteiger partial charge in [0.05, 0.1) is 35.8 Å². The summed E-state index contributed by atoms with van der Waals surface area (Å²) in [6, 6.07) is 13.3. The Morgan fingerprint density at radius 2 is 1.96 bits per heavy atom. The van der Waals surface area contributed by atoms with E-state index in [0.29, 0.717) is 35.7 Å². The van der Waals surface area contributed by atoms with Crippen LogP contribution < -0.4 is 15.8 Å². The maximum atomic E-state index is 12.8. The molecule has 3 N–H and O–H groups in total. The number of ether oxygens (including phenoxy) is 1. The molecule has 0 saturated carbocycles. The second kappa shape index (κ2) is 7.26. The smallest absolute Gasteiger partial charge is 0.255 e. The van der Waals surface area contributed by atoms with Crippen LogP contribution in [0, 0.1) is 0 Å². The molecule has 3 aromatic rings. The van der Waals surface area contributed by atoms with Gasteiger partial charge in [0.25, 0.3) is 5.91 Å². The Balaban J connectivity index is 1.77. The van der Waals surface area contributed by atoms with Gasteiger partial charge in [0.2, 0.25) is 11.8 Å². The van der Waals surface area contributed by atoms with Crippen molar-refractivity contribution >= 4 is 11.9 Å². The van der Waals surface area contributed by atoms with E-state index in [1.54, 1.807) is 13.2 Å². The molecule has 0 spiro atoms. The number of carbonyl (C=O) groups excluding carboxylic acids is 1. The number of fused-ring (bicyclic) bond motifs is 1. The second-order valence-corrected chi connectivity index (χ2v) is 6.59. The van der Waals surface area contributed by atoms with Crippen molar-refractivity contribution in [1.29, 1.82) is 0 Å². The van der Waals surface area contributed by atoms with Crippen LogP contribution in [0.2, 0.25) is 0 Å². The van der Waals surface area contributed by atoms with Gasteiger partial charge < -0.3 is 15.8 Å². The van der Waals surface area contributed by atoms with Crippen LogP contribution in [0.3, 0.4) is 0 Å². The van der Waals surface area contributed by atoms with Crippen LogP contribution in [0.15, 0.2) is 42.5 Å². The van der Waals surface area contributed by atoms with Crippen LogP contribution in [0.4, 0.5) is 5.95 Å². The number of nitrogen functional groups attached to an aromatic ring is 1. The lowest BCUT2D eigenvalue weighted by molar-refractivity contribution is 0.0922. The number of hydrogen-bond acceptors (Lipinski definition) is 6. The monoisotopic (exact) mass is 375 g/mol. The number of aromatic nitrogens is 3. The molecule has 0 bridgehead atoms. The van der Waals surface area contributed by atoms with E-state index in [2.05, 4.69) is 20.3 Å². The Kier molecular flexibility index (Phi) is 4.65. The number of anilines is 1. The SMILES string of the molecule is CCc1nc(N)nc2c1C(=O)NC(c1ccccc1-c1cccc(OC)n1)C2. The van der Waals surface area contributed by atoms with Crippen LogP contribution in [-0.2, 0) is 12.8 Å². The average Bonchev–Trinajstić information content (AvgIpc) is 2.72. The molecule has 142 valence electrons. The van der Waals surface area contributed by atoms with Gasteiger partial charge in [-0.15, -0.1) is 0 Å². The fourth-order valence-corrected chi connectivity index (χ4v) is 3.62. The normalized spacial score (nSPS) is 15.6. The minimum absolute atomic E-state index is 0.170. The van der Waals surface area contributed by atoms with Gasteiger partial charge in [-0.3, -0.25) is 4.79 Å². The summed E-state index contributed by atoms with van der Waals surface area (Å²) in [5.74, 6) is 0.571. The summed E-state index contributed by atoms with van der Waals surface area (Å²) in [6.45, 7) is 1.95. The third-order valence-electron chi connectivity index (χ3n) is 4.89. The van der Waals surface area contributed by atoms with E-state index < -0.39 is 0 Å². The molecular weight excluding hydrogens is 354 g/mol. The topological polar surface area (TPSA) is 103 Å². The van der Waals surface area contributed by atoms with E-state index in [4.69, 9.17) is 10.5 Å². The number of carbonyl (C=O) groups is 1. The number of pyridine rings is 1. The number of rotatable bonds is 4. The predicted octanol–water partition coefficient (Wildman–Crippen LogP) is 2.72. The van der Waals surface area contributed by atoms with Crippen LogP contribution in [0.5, 0.6) is 5.88 Å². The van der Waals surface area contributed by atoms with Gasteiger partial charge >= 0.3 is 0 Å². The first-order valence-corrected chi connectivity index (χ1v) is 9.17. The lowest BCUT2D eigenvalue weighted by Gasteiger charge is -2.28. The standard InChI is InChI=1S/C21H21N5O2/c1-3-14-19-17(26-21(22)25-14)11-16(24-20(19)27)13-8-5-4-7-12(13)15-9-6-10-18(23-15)28-2/h4-10,16H,3,11H2,1-2H3,(H,24,27)(H2,22,25,26). The summed E-state index contributed by atoms with van der Waals surface area (Å²) in [6.07, 6.45) is 1.17. The molecule has 0 aliphatic carbocycles. The number of nitrogens with one attached hydrogen (secondary N) is 1. The van der Waals surface area contributed by atoms with Crippen LogP contribution in [0.25, 0.3) is 11.3 Å². The van der Waals surface area contributed by atoms with Crippen LogP contribution in [0.1, 0.15) is 40.3 Å². The van der Waals surface area contributed by atoms with Crippen molar-refractivity contribution in [3.63, 3.8) is 0 Å². The Morgan fingerprint density at radius 3 is 2.75 bits per heavy atom. The number of hydrogen-bond donors (Lipinski definition) is 2. The van der Waals surface area contributed by atoms with Crippen molar-refractivity contribution in [3.8, 4) is 17.1 Å². The molecule has 28 heavy (non-hydrogen) atoms. The highest BCUT2D eigenvalue weighted by Crippen LogP contribution is 2.33. The molecule has 1 aromatic carbocycles. The van der Waals surface area contributed by atoms with Crippen molar-refractivity contribution in [3.05, 3.63) is 65.0 Å². The van der Waals surface area contributed by atoms with Crippen LogP contribution in [-0.4, -0.2) is 28.0 Å². The summed E-state index contributed by atoms with van der Waals surface area (Å²) in [5, 5.41) is 3.10. The second-order valence-electron chi connectivity index (χ2n) is 6.59. The van der Waals surface area contributed by atoms with Gasteiger partial charge in [-0.2, -0.15) is 0 Å². The van der Waals surface area contributed by atoms with Gasteiger partial charge in [-0.05, 0) is 18.1 Å². The highest BCUT2D eigenvalue weighted by Gasteiger charge is 2.31. The fourth-order valence-electron chi connectivity index (χ4n) is 3.62. The van der Waals surface area contributed by atoms with Gasteiger partial charge in [0.1, 0.15) is 0 Å². The molecule has 2 aromatic heterocycles. The third kappa shape index (κ3) is 3.15. The third-order valence-corrected chi connectivity index (χ3v) is 4.89. The van der Waals surface area contributed by atoms with Gasteiger partial charge in [-0.1, -0.05) is 37.3 Å². The van der Waals surface area contributed by atoms with Crippen LogP contribution >= 0.6 is 0 Å². The van der Waals surface area contributed by atoms with E-state index in [0.717, 1.165) is 16.8 Å². The molecule has 1 atom stereocenters. The number of aryl methyl sites for hydroxylation is 1. The molecule has 7 heteroatoms. The van der Waals surface area contributed by atoms with Crippen molar-refractivity contribution in [2.24, 2.45) is 0 Å². The molecule has 1 unspecified atom stereocenters. The molecule has 0 fully saturated rings. The first-order chi connectivity index (χ1) is 13.6. The minimum atomic E-state index is -0.233. The average molecular weight is 375 g/mol. The highest BCUT2D eigenvalue weighted by atomic mass is 16.5. The van der Waals surface area contributed by atoms with E-state index >= 15 is 0 Å². The summed E-state index contributed by atoms with van der Waals surface area (Å²) >= 11 is 0. The molecule has 1 amide bonds. The Labute approximate surface area is 163 Å². The maximum absolute atomic E-state index is 12.8. The van der Waals surface area contributed by atoms with E-state index in [1.165, 1.54) is 0 Å². The van der Waals surface area contributed by atoms with Crippen molar-refractivity contribution in [2.45, 2.75) is 25.8 Å². The molecule has 0 saturated heterocycles. The van der Waals surface area contributed by atoms with Gasteiger partial charge in [0.15, 0.2) is 0 Å². The lowest BCUT2D eigenvalue weighted by atomic mass is 9.90. The predicted molar refractivity (Wildman–Crippen MR) is 106 cm³/mol. The Bertz CT molecular complexity index is 1050. The lowest BCUT2D eigenvalue weighted by Crippen LogP contribution is -2.37. The molecule has 1 aliphatic heterocycles.